The largest absolute Gasteiger partial charge is 0.573 e. The van der Waals surface area contributed by atoms with Gasteiger partial charge in [0.15, 0.2) is 6.10 Å². The van der Waals surface area contributed by atoms with Gasteiger partial charge in [-0.15, -0.1) is 13.2 Å². The first kappa shape index (κ1) is 31.8. The van der Waals surface area contributed by atoms with Crippen LogP contribution in [0.15, 0.2) is 72.8 Å². The molecule has 0 aliphatic carbocycles. The molecule has 4 nitrogen and oxygen atoms in total. The van der Waals surface area contributed by atoms with Gasteiger partial charge in [-0.3, -0.25) is 0 Å². The third-order valence-corrected chi connectivity index (χ3v) is 5.75. The Balaban J connectivity index is 0.000000298. The van der Waals surface area contributed by atoms with Gasteiger partial charge in [0.2, 0.25) is 0 Å². The molecule has 0 fully saturated rings. The molecule has 0 bridgehead atoms. The molecule has 3 aromatic carbocycles. The number of hydrogen-bond acceptors (Lipinski definition) is 4. The van der Waals surface area contributed by atoms with Crippen LogP contribution in [-0.4, -0.2) is 49.4 Å². The predicted molar refractivity (Wildman–Crippen MR) is 129 cm³/mol. The number of β-amino-alcohol motifs (C(OH)–C–C–N with tert-alkyl or cyclic N) is 1. The molecule has 0 spiro atoms. The Kier molecular flexibility index (Phi) is 10.0. The smallest absolute Gasteiger partial charge is 0.428 e. The number of para-hydroxylation sites is 1. The number of hydrogen-bond donors (Lipinski definition) is 1. The molecule has 1 N–H and O–H groups in total. The van der Waals surface area contributed by atoms with E-state index in [1.807, 2.05) is 0 Å². The van der Waals surface area contributed by atoms with Crippen LogP contribution in [0.3, 0.4) is 0 Å². The summed E-state index contributed by atoms with van der Waals surface area (Å²) in [6.07, 6.45) is -19.2. The average Bonchev–Trinajstić information content (AvgIpc) is 2.88. The molecule has 0 amide bonds. The van der Waals surface area contributed by atoms with Crippen LogP contribution in [0.5, 0.6) is 11.5 Å². The Morgan fingerprint density at radius 2 is 1.41 bits per heavy atom. The Morgan fingerprint density at radius 3 is 2.02 bits per heavy atom. The first-order valence-electron chi connectivity index (χ1n) is 11.9. The first-order valence-corrected chi connectivity index (χ1v) is 11.9. The van der Waals surface area contributed by atoms with E-state index in [2.05, 4.69) is 9.47 Å². The number of fused-ring (bicyclic) bond motifs is 1. The van der Waals surface area contributed by atoms with Crippen molar-refractivity contribution < 1.29 is 58.5 Å². The van der Waals surface area contributed by atoms with Crippen molar-refractivity contribution in [2.75, 3.05) is 18.0 Å². The lowest BCUT2D eigenvalue weighted by atomic mass is 9.92. The molecule has 3 aromatic rings. The molecule has 1 atom stereocenters. The highest BCUT2D eigenvalue weighted by Gasteiger charge is 2.44. The van der Waals surface area contributed by atoms with Gasteiger partial charge in [-0.2, -0.15) is 30.7 Å². The SMILES string of the molecule is FC(F)C(F)(F)Oc1ccccc1.O[C@H](CN1CCCc2c(-c3cccc(OC(F)(F)F)c3)cccc21)C(F)(F)F. The van der Waals surface area contributed by atoms with E-state index in [0.717, 1.165) is 5.56 Å². The maximum atomic E-state index is 12.7. The number of anilines is 1. The maximum Gasteiger partial charge on any atom is 0.573 e. The monoisotopic (exact) mass is 599 g/mol. The van der Waals surface area contributed by atoms with Gasteiger partial charge < -0.3 is 19.5 Å². The maximum absolute atomic E-state index is 12.7. The van der Waals surface area contributed by atoms with Crippen molar-refractivity contribution in [3.05, 3.63) is 78.4 Å². The fourth-order valence-electron chi connectivity index (χ4n) is 4.02. The third kappa shape index (κ3) is 9.17. The van der Waals surface area contributed by atoms with Crippen molar-refractivity contribution in [3.8, 4) is 22.6 Å². The fourth-order valence-corrected chi connectivity index (χ4v) is 4.02. The highest BCUT2D eigenvalue weighted by molar-refractivity contribution is 5.76. The number of benzene rings is 3. The number of ether oxygens (including phenoxy) is 2. The van der Waals surface area contributed by atoms with E-state index >= 15 is 0 Å². The molecule has 0 saturated heterocycles. The number of aliphatic hydroxyl groups excluding tert-OH is 1. The Morgan fingerprint density at radius 1 is 0.780 bits per heavy atom. The van der Waals surface area contributed by atoms with Gasteiger partial charge in [-0.25, -0.2) is 0 Å². The van der Waals surface area contributed by atoms with E-state index in [1.165, 1.54) is 47.4 Å². The molecular formula is C27H23F10NO3. The molecule has 41 heavy (non-hydrogen) atoms. The fraction of sp³-hybridized carbons (Fsp3) is 0.333. The second-order valence-corrected chi connectivity index (χ2v) is 8.76. The number of rotatable bonds is 7. The highest BCUT2D eigenvalue weighted by Crippen LogP contribution is 2.38. The molecule has 14 heteroatoms. The van der Waals surface area contributed by atoms with Gasteiger partial charge in [0.1, 0.15) is 11.5 Å². The van der Waals surface area contributed by atoms with Gasteiger partial charge in [-0.1, -0.05) is 42.5 Å². The van der Waals surface area contributed by atoms with Gasteiger partial charge in [-0.05, 0) is 59.9 Å². The number of aliphatic hydroxyl groups is 1. The minimum Gasteiger partial charge on any atom is -0.428 e. The average molecular weight is 599 g/mol. The summed E-state index contributed by atoms with van der Waals surface area (Å²) in [4.78, 5) is 1.45. The van der Waals surface area contributed by atoms with Crippen molar-refractivity contribution in [2.24, 2.45) is 0 Å². The summed E-state index contributed by atoms with van der Waals surface area (Å²) in [5.41, 5.74) is 2.36. The van der Waals surface area contributed by atoms with Crippen LogP contribution < -0.4 is 14.4 Å². The Labute approximate surface area is 227 Å². The van der Waals surface area contributed by atoms with E-state index in [4.69, 9.17) is 0 Å². The summed E-state index contributed by atoms with van der Waals surface area (Å²) in [5.74, 6) is -0.657. The van der Waals surface area contributed by atoms with E-state index in [1.54, 1.807) is 30.3 Å². The predicted octanol–water partition coefficient (Wildman–Crippen LogP) is 7.85. The Hall–Kier alpha value is -3.68. The molecular weight excluding hydrogens is 576 g/mol. The second-order valence-electron chi connectivity index (χ2n) is 8.76. The molecule has 1 aliphatic heterocycles. The minimum atomic E-state index is -4.82. The van der Waals surface area contributed by atoms with E-state index < -0.39 is 37.7 Å². The zero-order chi connectivity index (χ0) is 30.4. The van der Waals surface area contributed by atoms with Crippen LogP contribution in [0, 0.1) is 0 Å². The molecule has 1 aliphatic rings. The van der Waals surface area contributed by atoms with Crippen LogP contribution in [0.1, 0.15) is 12.0 Å². The van der Waals surface area contributed by atoms with Crippen molar-refractivity contribution in [1.82, 2.24) is 0 Å². The van der Waals surface area contributed by atoms with Crippen molar-refractivity contribution in [1.29, 1.82) is 0 Å². The lowest BCUT2D eigenvalue weighted by Crippen LogP contribution is -2.43. The summed E-state index contributed by atoms with van der Waals surface area (Å²) in [7, 11) is 0. The van der Waals surface area contributed by atoms with Gasteiger partial charge in [0.05, 0.1) is 6.54 Å². The summed E-state index contributed by atoms with van der Waals surface area (Å²) >= 11 is 0. The second kappa shape index (κ2) is 12.9. The van der Waals surface area contributed by atoms with Crippen molar-refractivity contribution >= 4 is 5.69 Å². The lowest BCUT2D eigenvalue weighted by Gasteiger charge is -2.34. The lowest BCUT2D eigenvalue weighted by molar-refractivity contribution is -0.274. The third-order valence-electron chi connectivity index (χ3n) is 5.75. The van der Waals surface area contributed by atoms with E-state index in [9.17, 15) is 49.0 Å². The molecule has 4 rings (SSSR count). The van der Waals surface area contributed by atoms with Crippen LogP contribution in [0.4, 0.5) is 49.6 Å². The molecule has 0 unspecified atom stereocenters. The van der Waals surface area contributed by atoms with Gasteiger partial charge in [0.25, 0.3) is 0 Å². The number of alkyl halides is 10. The summed E-state index contributed by atoms with van der Waals surface area (Å²) in [6, 6.07) is 17.2. The first-order chi connectivity index (χ1) is 19.1. The number of nitrogens with zero attached hydrogens (tertiary/aromatic N) is 1. The van der Waals surface area contributed by atoms with Crippen LogP contribution >= 0.6 is 0 Å². The molecule has 1 heterocycles. The van der Waals surface area contributed by atoms with Gasteiger partial charge >= 0.3 is 25.1 Å². The summed E-state index contributed by atoms with van der Waals surface area (Å²) < 4.78 is 131. The minimum absolute atomic E-state index is 0.284. The normalized spacial score (nSPS) is 14.6. The Bertz CT molecular complexity index is 1270. The quantitative estimate of drug-likeness (QED) is 0.281. The molecule has 0 radical (unpaired) electrons. The topological polar surface area (TPSA) is 41.9 Å². The van der Waals surface area contributed by atoms with Crippen LogP contribution in [0.2, 0.25) is 0 Å². The molecule has 0 saturated carbocycles. The van der Waals surface area contributed by atoms with E-state index in [0.29, 0.717) is 36.2 Å². The molecule has 224 valence electrons. The zero-order valence-electron chi connectivity index (χ0n) is 20.9. The highest BCUT2D eigenvalue weighted by atomic mass is 19.4. The summed E-state index contributed by atoms with van der Waals surface area (Å²) in [6.45, 7) is -0.252. The van der Waals surface area contributed by atoms with Gasteiger partial charge in [0, 0.05) is 12.2 Å². The van der Waals surface area contributed by atoms with Crippen molar-refractivity contribution in [3.63, 3.8) is 0 Å². The summed E-state index contributed by atoms with van der Waals surface area (Å²) in [5, 5.41) is 9.40. The standard InChI is InChI=1S/C19H17F6NO2.C8H6F4O/c20-18(21,22)17(27)11-26-9-3-7-15-14(6-2-8-16(15)26)12-4-1-5-13(10-12)28-19(23,24)25;9-7(10)8(11,12)13-6-4-2-1-3-5-6/h1-2,4-6,8,10,17,27H,3,7,9,11H2;1-5,7H/t17-;/m1./s1. The van der Waals surface area contributed by atoms with Crippen LogP contribution in [0.25, 0.3) is 11.1 Å². The van der Waals surface area contributed by atoms with Crippen molar-refractivity contribution in [2.45, 2.75) is 44.0 Å². The molecule has 0 aromatic heterocycles. The number of halogens is 10. The van der Waals surface area contributed by atoms with E-state index in [-0.39, 0.29) is 11.5 Å². The zero-order valence-corrected chi connectivity index (χ0v) is 20.9. The van der Waals surface area contributed by atoms with Crippen LogP contribution in [-0.2, 0) is 6.42 Å².